The van der Waals surface area contributed by atoms with E-state index < -0.39 is 5.91 Å². The van der Waals surface area contributed by atoms with Crippen LogP contribution in [0.3, 0.4) is 0 Å². The minimum absolute atomic E-state index is 0.0372. The quantitative estimate of drug-likeness (QED) is 0.253. The summed E-state index contributed by atoms with van der Waals surface area (Å²) in [6, 6.07) is 21.8. The zero-order chi connectivity index (χ0) is 23.8. The van der Waals surface area contributed by atoms with Gasteiger partial charge in [0.1, 0.15) is 29.7 Å². The topological polar surface area (TPSA) is 71.3 Å². The van der Waals surface area contributed by atoms with Crippen molar-refractivity contribution in [1.29, 1.82) is 5.26 Å². The largest absolute Gasteiger partial charge is 0.490 e. The van der Waals surface area contributed by atoms with Gasteiger partial charge < -0.3 is 14.8 Å². The number of rotatable bonds is 8. The number of carbonyl (C=O) groups is 1. The van der Waals surface area contributed by atoms with Crippen LogP contribution in [0.5, 0.6) is 11.5 Å². The molecule has 33 heavy (non-hydrogen) atoms. The van der Waals surface area contributed by atoms with Gasteiger partial charge in [-0.25, -0.2) is 0 Å². The molecular weight excluding hydrogens is 504 g/mol. The van der Waals surface area contributed by atoms with Gasteiger partial charge in [-0.15, -0.1) is 0 Å². The maximum Gasteiger partial charge on any atom is 0.266 e. The van der Waals surface area contributed by atoms with E-state index in [4.69, 9.17) is 21.1 Å². The predicted octanol–water partition coefficient (Wildman–Crippen LogP) is 7.01. The minimum atomic E-state index is -0.511. The Kier molecular flexibility index (Phi) is 8.53. The van der Waals surface area contributed by atoms with Gasteiger partial charge in [0, 0.05) is 20.7 Å². The Hall–Kier alpha value is -3.27. The number of hydrogen-bond donors (Lipinski definition) is 1. The van der Waals surface area contributed by atoms with Crippen LogP contribution in [-0.4, -0.2) is 12.0 Å². The molecule has 0 bridgehead atoms. The number of benzene rings is 3. The van der Waals surface area contributed by atoms with Crippen LogP contribution in [-0.2, 0) is 11.4 Å². The van der Waals surface area contributed by atoms with Crippen LogP contribution >= 0.6 is 27.5 Å². The SMILES string of the molecule is CC(C)Oc1ccc(Br)cc1/C=C(\C#N)C(=O)Nc1ccc(OCc2ccc(Cl)cc2)cc1. The zero-order valence-corrected chi connectivity index (χ0v) is 20.5. The van der Waals surface area contributed by atoms with Crippen molar-refractivity contribution in [2.24, 2.45) is 0 Å². The molecule has 0 aliphatic carbocycles. The molecule has 168 valence electrons. The van der Waals surface area contributed by atoms with E-state index in [1.54, 1.807) is 36.4 Å². The van der Waals surface area contributed by atoms with Gasteiger partial charge in [0.2, 0.25) is 0 Å². The van der Waals surface area contributed by atoms with Crippen LogP contribution in [0.25, 0.3) is 6.08 Å². The summed E-state index contributed by atoms with van der Waals surface area (Å²) < 4.78 is 12.4. The van der Waals surface area contributed by atoms with E-state index in [0.29, 0.717) is 34.4 Å². The van der Waals surface area contributed by atoms with Crippen LogP contribution in [0.15, 0.2) is 76.8 Å². The molecule has 3 aromatic rings. The summed E-state index contributed by atoms with van der Waals surface area (Å²) in [7, 11) is 0. The van der Waals surface area contributed by atoms with Gasteiger partial charge >= 0.3 is 0 Å². The van der Waals surface area contributed by atoms with Gasteiger partial charge in [-0.3, -0.25) is 4.79 Å². The van der Waals surface area contributed by atoms with Crippen molar-refractivity contribution < 1.29 is 14.3 Å². The Bertz CT molecular complexity index is 1180. The molecule has 1 N–H and O–H groups in total. The molecule has 0 fully saturated rings. The summed E-state index contributed by atoms with van der Waals surface area (Å²) >= 11 is 9.31. The first-order valence-corrected chi connectivity index (χ1v) is 11.4. The highest BCUT2D eigenvalue weighted by molar-refractivity contribution is 9.10. The van der Waals surface area contributed by atoms with Crippen molar-refractivity contribution in [3.8, 4) is 17.6 Å². The van der Waals surface area contributed by atoms with Crippen molar-refractivity contribution in [2.75, 3.05) is 5.32 Å². The summed E-state index contributed by atoms with van der Waals surface area (Å²) in [5, 5.41) is 13.0. The van der Waals surface area contributed by atoms with E-state index in [-0.39, 0.29) is 11.7 Å². The summed E-state index contributed by atoms with van der Waals surface area (Å²) in [5.41, 5.74) is 2.14. The number of nitrogens with zero attached hydrogens (tertiary/aromatic N) is 1. The maximum absolute atomic E-state index is 12.7. The third kappa shape index (κ3) is 7.38. The average Bonchev–Trinajstić information content (AvgIpc) is 2.79. The fraction of sp³-hybridized carbons (Fsp3) is 0.154. The highest BCUT2D eigenvalue weighted by Crippen LogP contribution is 2.27. The van der Waals surface area contributed by atoms with Gasteiger partial charge in [-0.1, -0.05) is 39.7 Å². The second kappa shape index (κ2) is 11.6. The molecule has 7 heteroatoms. The Morgan fingerprint density at radius 2 is 1.82 bits per heavy atom. The summed E-state index contributed by atoms with van der Waals surface area (Å²) in [6.45, 7) is 4.23. The first kappa shape index (κ1) is 24.4. The van der Waals surface area contributed by atoms with Gasteiger partial charge in [-0.05, 0) is 80.1 Å². The second-order valence-electron chi connectivity index (χ2n) is 7.41. The first-order valence-electron chi connectivity index (χ1n) is 10.2. The molecule has 3 aromatic carbocycles. The van der Waals surface area contributed by atoms with Crippen LogP contribution < -0.4 is 14.8 Å². The van der Waals surface area contributed by atoms with Gasteiger partial charge in [0.15, 0.2) is 0 Å². The van der Waals surface area contributed by atoms with E-state index >= 15 is 0 Å². The lowest BCUT2D eigenvalue weighted by molar-refractivity contribution is -0.112. The molecule has 5 nitrogen and oxygen atoms in total. The third-order valence-corrected chi connectivity index (χ3v) is 5.18. The minimum Gasteiger partial charge on any atom is -0.490 e. The van der Waals surface area contributed by atoms with E-state index in [1.807, 2.05) is 50.2 Å². The highest BCUT2D eigenvalue weighted by Gasteiger charge is 2.13. The standard InChI is InChI=1S/C26H22BrClN2O3/c1-17(2)33-25-12-5-21(27)14-19(25)13-20(15-29)26(31)30-23-8-10-24(11-9-23)32-16-18-3-6-22(28)7-4-18/h3-14,17H,16H2,1-2H3,(H,30,31)/b20-13+. The van der Waals surface area contributed by atoms with Gasteiger partial charge in [0.05, 0.1) is 6.10 Å². The van der Waals surface area contributed by atoms with E-state index in [1.165, 1.54) is 6.08 Å². The smallest absolute Gasteiger partial charge is 0.266 e. The van der Waals surface area contributed by atoms with Crippen molar-refractivity contribution in [1.82, 2.24) is 0 Å². The molecule has 0 spiro atoms. The number of amides is 1. The molecule has 0 saturated heterocycles. The first-order chi connectivity index (χ1) is 15.8. The molecule has 0 radical (unpaired) electrons. The number of nitrogens with one attached hydrogen (secondary N) is 1. The van der Waals surface area contributed by atoms with Crippen molar-refractivity contribution in [3.63, 3.8) is 0 Å². The molecule has 3 rings (SSSR count). The molecule has 0 heterocycles. The third-order valence-electron chi connectivity index (χ3n) is 4.43. The summed E-state index contributed by atoms with van der Waals surface area (Å²) in [5.74, 6) is 0.738. The van der Waals surface area contributed by atoms with Crippen LogP contribution in [0.4, 0.5) is 5.69 Å². The fourth-order valence-electron chi connectivity index (χ4n) is 2.88. The van der Waals surface area contributed by atoms with E-state index in [9.17, 15) is 10.1 Å². The Morgan fingerprint density at radius 1 is 1.12 bits per heavy atom. The predicted molar refractivity (Wildman–Crippen MR) is 134 cm³/mol. The van der Waals surface area contributed by atoms with Crippen molar-refractivity contribution >= 4 is 45.2 Å². The molecule has 0 aromatic heterocycles. The Labute approximate surface area is 206 Å². The van der Waals surface area contributed by atoms with E-state index in [2.05, 4.69) is 21.2 Å². The average molecular weight is 526 g/mol. The lowest BCUT2D eigenvalue weighted by Gasteiger charge is -2.13. The number of nitriles is 1. The van der Waals surface area contributed by atoms with Gasteiger partial charge in [0.25, 0.3) is 5.91 Å². The highest BCUT2D eigenvalue weighted by atomic mass is 79.9. The van der Waals surface area contributed by atoms with Crippen LogP contribution in [0.1, 0.15) is 25.0 Å². The van der Waals surface area contributed by atoms with Crippen molar-refractivity contribution in [2.45, 2.75) is 26.6 Å². The second-order valence-corrected chi connectivity index (χ2v) is 8.76. The number of halogens is 2. The number of hydrogen-bond acceptors (Lipinski definition) is 4. The molecule has 0 saturated carbocycles. The molecule has 0 atom stereocenters. The maximum atomic E-state index is 12.7. The number of anilines is 1. The zero-order valence-electron chi connectivity index (χ0n) is 18.1. The molecule has 0 aliphatic heterocycles. The van der Waals surface area contributed by atoms with Crippen LogP contribution in [0, 0.1) is 11.3 Å². The molecule has 0 unspecified atom stereocenters. The number of ether oxygens (including phenoxy) is 2. The fourth-order valence-corrected chi connectivity index (χ4v) is 3.38. The Balaban J connectivity index is 1.67. The lowest BCUT2D eigenvalue weighted by atomic mass is 10.1. The normalized spacial score (nSPS) is 11.1. The van der Waals surface area contributed by atoms with Crippen molar-refractivity contribution in [3.05, 3.63) is 92.9 Å². The number of carbonyl (C=O) groups excluding carboxylic acids is 1. The summed E-state index contributed by atoms with van der Waals surface area (Å²) in [6.07, 6.45) is 1.47. The molecular formula is C26H22BrClN2O3. The molecule has 1 amide bonds. The Morgan fingerprint density at radius 3 is 2.45 bits per heavy atom. The van der Waals surface area contributed by atoms with Crippen LogP contribution in [0.2, 0.25) is 5.02 Å². The molecule has 0 aliphatic rings. The lowest BCUT2D eigenvalue weighted by Crippen LogP contribution is -2.13. The van der Waals surface area contributed by atoms with E-state index in [0.717, 1.165) is 10.0 Å². The monoisotopic (exact) mass is 524 g/mol. The summed E-state index contributed by atoms with van der Waals surface area (Å²) in [4.78, 5) is 12.7. The van der Waals surface area contributed by atoms with Gasteiger partial charge in [-0.2, -0.15) is 5.26 Å².